The van der Waals surface area contributed by atoms with Crippen molar-refractivity contribution < 1.29 is 9.90 Å². The molecule has 0 unspecified atom stereocenters. The molecule has 0 saturated heterocycles. The fraction of sp³-hybridized carbons (Fsp3) is 0.214. The van der Waals surface area contributed by atoms with Crippen molar-refractivity contribution in [2.24, 2.45) is 0 Å². The summed E-state index contributed by atoms with van der Waals surface area (Å²) >= 11 is 8.89. The lowest BCUT2D eigenvalue weighted by molar-refractivity contribution is 0.0955. The quantitative estimate of drug-likeness (QED) is 0.852. The van der Waals surface area contributed by atoms with Crippen molar-refractivity contribution >= 4 is 40.2 Å². The van der Waals surface area contributed by atoms with Gasteiger partial charge < -0.3 is 10.4 Å². The minimum Gasteiger partial charge on any atom is -0.384 e. The number of aryl methyl sites for hydroxylation is 1. The number of hydrogen-bond acceptors (Lipinski definition) is 4. The molecule has 0 spiro atoms. The van der Waals surface area contributed by atoms with Crippen LogP contribution in [-0.4, -0.2) is 17.6 Å². The summed E-state index contributed by atoms with van der Waals surface area (Å²) in [6, 6.07) is 3.78. The highest BCUT2D eigenvalue weighted by Gasteiger charge is 2.14. The molecular formula is C14H12ClNO2S2. The number of carbonyl (C=O) groups excluding carboxylic acids is 1. The molecule has 0 radical (unpaired) electrons. The summed E-state index contributed by atoms with van der Waals surface area (Å²) in [5, 5.41) is 13.9. The second-order valence-electron chi connectivity index (χ2n) is 3.97. The van der Waals surface area contributed by atoms with E-state index in [4.69, 9.17) is 16.7 Å². The van der Waals surface area contributed by atoms with Crippen LogP contribution in [0.15, 0.2) is 17.5 Å². The van der Waals surface area contributed by atoms with Crippen molar-refractivity contribution in [2.45, 2.75) is 13.5 Å². The standard InChI is InChI=1S/C14H12ClNO2S2/c1-9-8-19-13(12(9)15)14(18)16-7-11-5-4-10(20-11)3-2-6-17/h4-5,8,17H,6-7H2,1H3,(H,16,18). The Kier molecular flexibility index (Phi) is 5.21. The molecule has 2 heterocycles. The van der Waals surface area contributed by atoms with Gasteiger partial charge in [0, 0.05) is 4.88 Å². The zero-order valence-electron chi connectivity index (χ0n) is 10.7. The number of amides is 1. The lowest BCUT2D eigenvalue weighted by atomic mass is 10.3. The third-order valence-corrected chi connectivity index (χ3v) is 5.18. The fourth-order valence-electron chi connectivity index (χ4n) is 1.50. The van der Waals surface area contributed by atoms with Crippen LogP contribution in [0.5, 0.6) is 0 Å². The van der Waals surface area contributed by atoms with Crippen molar-refractivity contribution in [1.82, 2.24) is 5.32 Å². The Bertz CT molecular complexity index is 679. The first-order chi connectivity index (χ1) is 9.61. The van der Waals surface area contributed by atoms with E-state index in [-0.39, 0.29) is 12.5 Å². The third-order valence-electron chi connectivity index (χ3n) is 2.48. The van der Waals surface area contributed by atoms with E-state index in [1.807, 2.05) is 24.4 Å². The molecule has 2 N–H and O–H groups in total. The predicted molar refractivity (Wildman–Crippen MR) is 83.5 cm³/mol. The topological polar surface area (TPSA) is 49.3 Å². The zero-order valence-corrected chi connectivity index (χ0v) is 13.1. The summed E-state index contributed by atoms with van der Waals surface area (Å²) in [5.74, 6) is 5.26. The molecule has 0 aromatic carbocycles. The van der Waals surface area contributed by atoms with E-state index >= 15 is 0 Å². The maximum Gasteiger partial charge on any atom is 0.263 e. The number of halogens is 1. The van der Waals surface area contributed by atoms with Crippen LogP contribution in [0.4, 0.5) is 0 Å². The van der Waals surface area contributed by atoms with Gasteiger partial charge in [0.1, 0.15) is 11.5 Å². The van der Waals surface area contributed by atoms with Gasteiger partial charge in [-0.1, -0.05) is 23.4 Å². The van der Waals surface area contributed by atoms with E-state index in [1.165, 1.54) is 22.7 Å². The zero-order chi connectivity index (χ0) is 14.5. The number of rotatable bonds is 3. The van der Waals surface area contributed by atoms with Gasteiger partial charge in [0.2, 0.25) is 0 Å². The SMILES string of the molecule is Cc1csc(C(=O)NCc2ccc(C#CCO)s2)c1Cl. The molecule has 0 fully saturated rings. The van der Waals surface area contributed by atoms with Gasteiger partial charge in [0.15, 0.2) is 0 Å². The van der Waals surface area contributed by atoms with Crippen LogP contribution in [-0.2, 0) is 6.54 Å². The van der Waals surface area contributed by atoms with Crippen molar-refractivity contribution in [3.05, 3.63) is 42.7 Å². The van der Waals surface area contributed by atoms with Crippen LogP contribution in [0.25, 0.3) is 0 Å². The summed E-state index contributed by atoms with van der Waals surface area (Å²) in [5.41, 5.74) is 0.916. The summed E-state index contributed by atoms with van der Waals surface area (Å²) in [6.45, 7) is 2.17. The van der Waals surface area contributed by atoms with Crippen LogP contribution in [0.3, 0.4) is 0 Å². The van der Waals surface area contributed by atoms with Gasteiger partial charge in [-0.15, -0.1) is 22.7 Å². The Balaban J connectivity index is 1.97. The maximum atomic E-state index is 12.0. The molecule has 2 rings (SSSR count). The van der Waals surface area contributed by atoms with Crippen LogP contribution in [0.2, 0.25) is 5.02 Å². The Morgan fingerprint density at radius 2 is 2.30 bits per heavy atom. The Morgan fingerprint density at radius 1 is 1.50 bits per heavy atom. The summed E-state index contributed by atoms with van der Waals surface area (Å²) in [4.78, 5) is 14.4. The van der Waals surface area contributed by atoms with E-state index in [2.05, 4.69) is 17.2 Å². The molecular weight excluding hydrogens is 314 g/mol. The van der Waals surface area contributed by atoms with E-state index in [0.717, 1.165) is 15.3 Å². The smallest absolute Gasteiger partial charge is 0.263 e. The summed E-state index contributed by atoms with van der Waals surface area (Å²) < 4.78 is 0. The molecule has 0 bridgehead atoms. The number of nitrogens with one attached hydrogen (secondary N) is 1. The molecule has 0 saturated carbocycles. The molecule has 1 amide bonds. The van der Waals surface area contributed by atoms with E-state index in [0.29, 0.717) is 16.4 Å². The highest BCUT2D eigenvalue weighted by atomic mass is 35.5. The largest absolute Gasteiger partial charge is 0.384 e. The summed E-state index contributed by atoms with van der Waals surface area (Å²) in [7, 11) is 0. The lowest BCUT2D eigenvalue weighted by Crippen LogP contribution is -2.21. The van der Waals surface area contributed by atoms with Gasteiger partial charge in [-0.2, -0.15) is 0 Å². The Labute approximate surface area is 130 Å². The first-order valence-corrected chi connectivity index (χ1v) is 7.89. The van der Waals surface area contributed by atoms with E-state index in [1.54, 1.807) is 0 Å². The number of aliphatic hydroxyl groups excluding tert-OH is 1. The molecule has 2 aromatic heterocycles. The van der Waals surface area contributed by atoms with Gasteiger partial charge in [-0.05, 0) is 30.0 Å². The van der Waals surface area contributed by atoms with Crippen LogP contribution >= 0.6 is 34.3 Å². The molecule has 2 aromatic rings. The molecule has 6 heteroatoms. The molecule has 0 aliphatic heterocycles. The molecule has 0 aliphatic rings. The Hall–Kier alpha value is -1.32. The van der Waals surface area contributed by atoms with Crippen molar-refractivity contribution in [2.75, 3.05) is 6.61 Å². The molecule has 0 atom stereocenters. The highest BCUT2D eigenvalue weighted by molar-refractivity contribution is 7.13. The molecule has 0 aliphatic carbocycles. The molecule has 20 heavy (non-hydrogen) atoms. The van der Waals surface area contributed by atoms with Crippen molar-refractivity contribution in [3.63, 3.8) is 0 Å². The number of aliphatic hydroxyl groups is 1. The van der Waals surface area contributed by atoms with Crippen LogP contribution in [0, 0.1) is 18.8 Å². The average Bonchev–Trinajstić information content (AvgIpc) is 3.02. The lowest BCUT2D eigenvalue weighted by Gasteiger charge is -2.02. The first-order valence-electron chi connectivity index (χ1n) is 5.82. The van der Waals surface area contributed by atoms with Crippen LogP contribution in [0.1, 0.15) is 25.0 Å². The van der Waals surface area contributed by atoms with Gasteiger partial charge in [-0.25, -0.2) is 0 Å². The fourth-order valence-corrected chi connectivity index (χ4v) is 3.51. The number of carbonyl (C=O) groups is 1. The van der Waals surface area contributed by atoms with Gasteiger partial charge in [0.25, 0.3) is 5.91 Å². The van der Waals surface area contributed by atoms with Gasteiger partial charge in [-0.3, -0.25) is 4.79 Å². The van der Waals surface area contributed by atoms with Gasteiger partial charge in [0.05, 0.1) is 16.4 Å². The van der Waals surface area contributed by atoms with Crippen LogP contribution < -0.4 is 5.32 Å². The van der Waals surface area contributed by atoms with E-state index < -0.39 is 0 Å². The maximum absolute atomic E-state index is 12.0. The minimum absolute atomic E-state index is 0.153. The average molecular weight is 326 g/mol. The number of hydrogen-bond donors (Lipinski definition) is 2. The second-order valence-corrected chi connectivity index (χ2v) is 6.40. The molecule has 3 nitrogen and oxygen atoms in total. The summed E-state index contributed by atoms with van der Waals surface area (Å²) in [6.07, 6.45) is 0. The predicted octanol–water partition coefficient (Wildman–Crippen LogP) is 3.05. The second kappa shape index (κ2) is 6.91. The number of thiophene rings is 2. The van der Waals surface area contributed by atoms with Crippen molar-refractivity contribution in [3.8, 4) is 11.8 Å². The third kappa shape index (κ3) is 3.62. The normalized spacial score (nSPS) is 9.95. The monoisotopic (exact) mass is 325 g/mol. The van der Waals surface area contributed by atoms with E-state index in [9.17, 15) is 4.79 Å². The van der Waals surface area contributed by atoms with Crippen molar-refractivity contribution in [1.29, 1.82) is 0 Å². The van der Waals surface area contributed by atoms with Gasteiger partial charge >= 0.3 is 0 Å². The Morgan fingerprint density at radius 3 is 2.95 bits per heavy atom. The first kappa shape index (κ1) is 15.1. The minimum atomic E-state index is -0.163. The highest BCUT2D eigenvalue weighted by Crippen LogP contribution is 2.27. The molecule has 104 valence electrons.